The van der Waals surface area contributed by atoms with Crippen LogP contribution in [-0.4, -0.2) is 16.0 Å². The standard InChI is InChI=1S/C15H17F2N3/c16-9-6-10(17)14-12(7-9)19-15(20-14)13-5-8-3-1-2-4-11(8)18-13/h6-8,11,13,18H,1-5H2,(H,19,20). The van der Waals surface area contributed by atoms with Crippen LogP contribution in [0.2, 0.25) is 0 Å². The van der Waals surface area contributed by atoms with E-state index in [-0.39, 0.29) is 11.6 Å². The minimum absolute atomic E-state index is 0.137. The fraction of sp³-hybridized carbons (Fsp3) is 0.533. The highest BCUT2D eigenvalue weighted by atomic mass is 19.1. The topological polar surface area (TPSA) is 40.7 Å². The third-order valence-electron chi connectivity index (χ3n) is 4.72. The SMILES string of the molecule is Fc1cc(F)c2nc(C3CC4CCCCC4N3)[nH]c2c1. The molecule has 1 aliphatic carbocycles. The van der Waals surface area contributed by atoms with Crippen LogP contribution in [0.15, 0.2) is 12.1 Å². The summed E-state index contributed by atoms with van der Waals surface area (Å²) in [6.45, 7) is 0. The summed E-state index contributed by atoms with van der Waals surface area (Å²) in [6.07, 6.45) is 6.09. The van der Waals surface area contributed by atoms with Crippen LogP contribution in [0.25, 0.3) is 11.0 Å². The third kappa shape index (κ3) is 1.92. The molecule has 2 fully saturated rings. The van der Waals surface area contributed by atoms with Crippen LogP contribution >= 0.6 is 0 Å². The molecule has 0 radical (unpaired) electrons. The van der Waals surface area contributed by atoms with Crippen molar-refractivity contribution in [3.63, 3.8) is 0 Å². The van der Waals surface area contributed by atoms with E-state index >= 15 is 0 Å². The number of imidazole rings is 1. The maximum atomic E-state index is 13.7. The molecule has 3 atom stereocenters. The number of aromatic nitrogens is 2. The second-order valence-corrected chi connectivity index (χ2v) is 6.01. The van der Waals surface area contributed by atoms with Crippen molar-refractivity contribution < 1.29 is 8.78 Å². The molecule has 3 nitrogen and oxygen atoms in total. The Balaban J connectivity index is 1.67. The smallest absolute Gasteiger partial charge is 0.153 e. The number of aromatic amines is 1. The van der Waals surface area contributed by atoms with Crippen molar-refractivity contribution in [2.75, 3.05) is 0 Å². The molecule has 20 heavy (non-hydrogen) atoms. The molecule has 1 aliphatic heterocycles. The van der Waals surface area contributed by atoms with Crippen molar-refractivity contribution in [2.24, 2.45) is 5.92 Å². The Morgan fingerprint density at radius 2 is 2.00 bits per heavy atom. The van der Waals surface area contributed by atoms with E-state index in [1.54, 1.807) is 0 Å². The molecule has 1 saturated heterocycles. The van der Waals surface area contributed by atoms with Crippen LogP contribution in [0.4, 0.5) is 8.78 Å². The van der Waals surface area contributed by atoms with Crippen molar-refractivity contribution in [1.29, 1.82) is 0 Å². The molecule has 106 valence electrons. The molecular formula is C15H17F2N3. The monoisotopic (exact) mass is 277 g/mol. The number of halogens is 2. The van der Waals surface area contributed by atoms with Gasteiger partial charge in [0.2, 0.25) is 0 Å². The normalized spacial score (nSPS) is 29.8. The largest absolute Gasteiger partial charge is 0.340 e. The second-order valence-electron chi connectivity index (χ2n) is 6.01. The van der Waals surface area contributed by atoms with Gasteiger partial charge in [-0.05, 0) is 31.2 Å². The van der Waals surface area contributed by atoms with E-state index in [0.29, 0.717) is 17.5 Å². The lowest BCUT2D eigenvalue weighted by molar-refractivity contribution is 0.325. The van der Waals surface area contributed by atoms with Crippen LogP contribution < -0.4 is 5.32 Å². The number of nitrogens with zero attached hydrogens (tertiary/aromatic N) is 1. The molecule has 1 saturated carbocycles. The van der Waals surface area contributed by atoms with Crippen molar-refractivity contribution >= 4 is 11.0 Å². The molecule has 5 heteroatoms. The van der Waals surface area contributed by atoms with Gasteiger partial charge in [-0.2, -0.15) is 0 Å². The molecule has 1 aromatic carbocycles. The number of H-pyrrole nitrogens is 1. The van der Waals surface area contributed by atoms with Gasteiger partial charge in [-0.3, -0.25) is 0 Å². The molecule has 0 bridgehead atoms. The van der Waals surface area contributed by atoms with Gasteiger partial charge in [0.1, 0.15) is 17.2 Å². The van der Waals surface area contributed by atoms with Gasteiger partial charge in [-0.1, -0.05) is 12.8 Å². The molecule has 0 amide bonds. The second kappa shape index (κ2) is 4.52. The molecule has 2 aromatic rings. The Kier molecular flexibility index (Phi) is 2.77. The zero-order valence-electron chi connectivity index (χ0n) is 11.1. The number of benzene rings is 1. The Morgan fingerprint density at radius 3 is 2.85 bits per heavy atom. The minimum Gasteiger partial charge on any atom is -0.340 e. The maximum Gasteiger partial charge on any atom is 0.153 e. The Labute approximate surface area is 115 Å². The lowest BCUT2D eigenvalue weighted by atomic mass is 9.85. The summed E-state index contributed by atoms with van der Waals surface area (Å²) in [6, 6.07) is 2.88. The molecule has 0 spiro atoms. The number of rotatable bonds is 1. The fourth-order valence-corrected chi connectivity index (χ4v) is 3.76. The first-order chi connectivity index (χ1) is 9.70. The van der Waals surface area contributed by atoms with E-state index in [2.05, 4.69) is 15.3 Å². The summed E-state index contributed by atoms with van der Waals surface area (Å²) in [5, 5.41) is 3.59. The summed E-state index contributed by atoms with van der Waals surface area (Å²) >= 11 is 0. The zero-order valence-corrected chi connectivity index (χ0v) is 11.1. The molecule has 3 unspecified atom stereocenters. The van der Waals surface area contributed by atoms with Crippen LogP contribution in [0.3, 0.4) is 0 Å². The van der Waals surface area contributed by atoms with Gasteiger partial charge in [-0.15, -0.1) is 0 Å². The van der Waals surface area contributed by atoms with Crippen molar-refractivity contribution in [3.8, 4) is 0 Å². The number of hydrogen-bond donors (Lipinski definition) is 2. The van der Waals surface area contributed by atoms with Gasteiger partial charge in [0, 0.05) is 12.1 Å². The maximum absolute atomic E-state index is 13.7. The average molecular weight is 277 g/mol. The van der Waals surface area contributed by atoms with Crippen molar-refractivity contribution in [1.82, 2.24) is 15.3 Å². The zero-order chi connectivity index (χ0) is 13.7. The average Bonchev–Trinajstić information content (AvgIpc) is 3.01. The minimum atomic E-state index is -0.599. The molecule has 2 heterocycles. The van der Waals surface area contributed by atoms with Gasteiger partial charge in [0.15, 0.2) is 5.82 Å². The first-order valence-electron chi connectivity index (χ1n) is 7.31. The van der Waals surface area contributed by atoms with Gasteiger partial charge in [0.25, 0.3) is 0 Å². The van der Waals surface area contributed by atoms with Gasteiger partial charge in [0.05, 0.1) is 11.6 Å². The van der Waals surface area contributed by atoms with E-state index < -0.39 is 11.6 Å². The number of fused-ring (bicyclic) bond motifs is 2. The van der Waals surface area contributed by atoms with Crippen LogP contribution in [0.1, 0.15) is 44.0 Å². The predicted molar refractivity (Wildman–Crippen MR) is 72.2 cm³/mol. The van der Waals surface area contributed by atoms with E-state index in [9.17, 15) is 8.78 Å². The summed E-state index contributed by atoms with van der Waals surface area (Å²) in [5.41, 5.74) is 0.673. The Morgan fingerprint density at radius 1 is 1.15 bits per heavy atom. The first-order valence-corrected chi connectivity index (χ1v) is 7.31. The number of nitrogens with one attached hydrogen (secondary N) is 2. The van der Waals surface area contributed by atoms with Crippen LogP contribution in [0.5, 0.6) is 0 Å². The van der Waals surface area contributed by atoms with E-state index in [1.165, 1.54) is 31.7 Å². The van der Waals surface area contributed by atoms with Gasteiger partial charge >= 0.3 is 0 Å². The Hall–Kier alpha value is -1.49. The fourth-order valence-electron chi connectivity index (χ4n) is 3.76. The summed E-state index contributed by atoms with van der Waals surface area (Å²) in [4.78, 5) is 7.41. The lowest BCUT2D eigenvalue weighted by Gasteiger charge is -2.24. The highest BCUT2D eigenvalue weighted by Crippen LogP contribution is 2.38. The quantitative estimate of drug-likeness (QED) is 0.838. The van der Waals surface area contributed by atoms with Crippen molar-refractivity contribution in [3.05, 3.63) is 29.6 Å². The molecule has 1 aromatic heterocycles. The van der Waals surface area contributed by atoms with Gasteiger partial charge < -0.3 is 10.3 Å². The van der Waals surface area contributed by atoms with Crippen LogP contribution in [-0.2, 0) is 0 Å². The predicted octanol–water partition coefficient (Wildman–Crippen LogP) is 3.43. The molecule has 2 aliphatic rings. The molecular weight excluding hydrogens is 260 g/mol. The summed E-state index contributed by atoms with van der Waals surface area (Å²) in [7, 11) is 0. The number of hydrogen-bond acceptors (Lipinski definition) is 2. The summed E-state index contributed by atoms with van der Waals surface area (Å²) in [5.74, 6) is 0.263. The first kappa shape index (κ1) is 12.3. The molecule has 2 N–H and O–H groups in total. The Bertz CT molecular complexity index is 638. The summed E-state index contributed by atoms with van der Waals surface area (Å²) < 4.78 is 26.9. The highest BCUT2D eigenvalue weighted by molar-refractivity contribution is 5.75. The van der Waals surface area contributed by atoms with E-state index in [4.69, 9.17) is 0 Å². The lowest BCUT2D eigenvalue weighted by Crippen LogP contribution is -2.30. The van der Waals surface area contributed by atoms with E-state index in [0.717, 1.165) is 18.3 Å². The third-order valence-corrected chi connectivity index (χ3v) is 4.72. The van der Waals surface area contributed by atoms with Crippen LogP contribution in [0, 0.1) is 17.6 Å². The van der Waals surface area contributed by atoms with Gasteiger partial charge in [-0.25, -0.2) is 13.8 Å². The highest BCUT2D eigenvalue weighted by Gasteiger charge is 2.36. The molecule has 4 rings (SSSR count). The van der Waals surface area contributed by atoms with Crippen molar-refractivity contribution in [2.45, 2.75) is 44.2 Å². The van der Waals surface area contributed by atoms with E-state index in [1.807, 2.05) is 0 Å².